The van der Waals surface area contributed by atoms with Crippen LogP contribution in [0.25, 0.3) is 0 Å². The fourth-order valence-electron chi connectivity index (χ4n) is 1.69. The normalized spacial score (nSPS) is 11.5. The van der Waals surface area contributed by atoms with Crippen LogP contribution in [0.1, 0.15) is 20.3 Å². The van der Waals surface area contributed by atoms with Crippen LogP contribution >= 0.6 is 0 Å². The van der Waals surface area contributed by atoms with Crippen LogP contribution in [0.15, 0.2) is 24.3 Å². The van der Waals surface area contributed by atoms with E-state index in [0.717, 1.165) is 6.26 Å². The number of hydrogen-bond donors (Lipinski definition) is 1. The molecule has 0 aliphatic rings. The zero-order chi connectivity index (χ0) is 18.0. The molecule has 0 atom stereocenters. The average Bonchev–Trinajstić information content (AvgIpc) is 2.48. The fourth-order valence-corrected chi connectivity index (χ4v) is 2.06. The Labute approximate surface area is 143 Å². The van der Waals surface area contributed by atoms with Crippen molar-refractivity contribution in [3.05, 3.63) is 24.3 Å². The molecule has 0 spiro atoms. The summed E-state index contributed by atoms with van der Waals surface area (Å²) in [5.41, 5.74) is 0.656. The molecule has 24 heavy (non-hydrogen) atoms. The van der Waals surface area contributed by atoms with Crippen LogP contribution < -0.4 is 10.1 Å². The predicted octanol–water partition coefficient (Wildman–Crippen LogP) is 2.04. The molecule has 0 saturated heterocycles. The Bertz CT molecular complexity index is 597. The van der Waals surface area contributed by atoms with Gasteiger partial charge in [-0.05, 0) is 30.2 Å². The molecule has 0 heterocycles. The van der Waals surface area contributed by atoms with E-state index in [1.807, 2.05) is 0 Å². The highest BCUT2D eigenvalue weighted by Crippen LogP contribution is 2.15. The molecule has 0 aliphatic carbocycles. The first-order chi connectivity index (χ1) is 11.3. The largest absolute Gasteiger partial charge is 0.491 e. The van der Waals surface area contributed by atoms with E-state index in [-0.39, 0.29) is 19.1 Å². The van der Waals surface area contributed by atoms with Crippen molar-refractivity contribution in [1.29, 1.82) is 0 Å². The van der Waals surface area contributed by atoms with E-state index in [9.17, 15) is 13.2 Å². The lowest BCUT2D eigenvalue weighted by molar-refractivity contribution is -0.117. The summed E-state index contributed by atoms with van der Waals surface area (Å²) in [6.45, 7) is 5.21. The number of amides is 1. The van der Waals surface area contributed by atoms with E-state index in [0.29, 0.717) is 37.0 Å². The van der Waals surface area contributed by atoms with Gasteiger partial charge in [0.25, 0.3) is 10.1 Å². The molecule has 0 unspecified atom stereocenters. The maximum atomic E-state index is 11.8. The third-order valence-corrected chi connectivity index (χ3v) is 3.31. The molecule has 0 radical (unpaired) electrons. The summed E-state index contributed by atoms with van der Waals surface area (Å²) in [7, 11) is -3.45. The number of carbonyl (C=O) groups is 1. The summed E-state index contributed by atoms with van der Waals surface area (Å²) >= 11 is 0. The van der Waals surface area contributed by atoms with Gasteiger partial charge in [0.15, 0.2) is 0 Å². The molecule has 7 nitrogen and oxygen atoms in total. The molecule has 0 aromatic heterocycles. The van der Waals surface area contributed by atoms with Gasteiger partial charge in [-0.3, -0.25) is 8.98 Å². The van der Waals surface area contributed by atoms with Crippen molar-refractivity contribution in [2.45, 2.75) is 20.3 Å². The first-order valence-electron chi connectivity index (χ1n) is 7.71. The zero-order valence-electron chi connectivity index (χ0n) is 14.3. The summed E-state index contributed by atoms with van der Waals surface area (Å²) in [5.74, 6) is 0.891. The van der Waals surface area contributed by atoms with Crippen molar-refractivity contribution < 1.29 is 26.9 Å². The second-order valence-corrected chi connectivity index (χ2v) is 7.31. The minimum Gasteiger partial charge on any atom is -0.491 e. The van der Waals surface area contributed by atoms with Gasteiger partial charge in [-0.2, -0.15) is 8.42 Å². The number of ether oxygens (including phenoxy) is 2. The van der Waals surface area contributed by atoms with Gasteiger partial charge in [-0.15, -0.1) is 0 Å². The van der Waals surface area contributed by atoms with Crippen LogP contribution in [0.3, 0.4) is 0 Å². The van der Waals surface area contributed by atoms with Gasteiger partial charge in [-0.25, -0.2) is 0 Å². The molecule has 0 fully saturated rings. The van der Waals surface area contributed by atoms with Crippen LogP contribution in [0.4, 0.5) is 5.69 Å². The lowest BCUT2D eigenvalue weighted by atomic mass is 10.2. The number of carbonyl (C=O) groups excluding carboxylic acids is 1. The monoisotopic (exact) mass is 359 g/mol. The molecule has 8 heteroatoms. The summed E-state index contributed by atoms with van der Waals surface area (Å²) in [5, 5.41) is 2.77. The topological polar surface area (TPSA) is 90.9 Å². The third kappa shape index (κ3) is 10.2. The van der Waals surface area contributed by atoms with Crippen LogP contribution in [0.2, 0.25) is 0 Å². The SMILES string of the molecule is CC(C)COCCC(=O)Nc1ccc(OCCOS(C)(=O)=O)cc1. The first kappa shape index (κ1) is 20.4. The smallest absolute Gasteiger partial charge is 0.264 e. The van der Waals surface area contributed by atoms with E-state index >= 15 is 0 Å². The second kappa shape index (κ2) is 10.3. The molecule has 1 aromatic carbocycles. The number of benzene rings is 1. The molecule has 1 N–H and O–H groups in total. The third-order valence-electron chi connectivity index (χ3n) is 2.71. The molecule has 0 bridgehead atoms. The van der Waals surface area contributed by atoms with Crippen molar-refractivity contribution in [1.82, 2.24) is 0 Å². The lowest BCUT2D eigenvalue weighted by Crippen LogP contribution is -2.15. The van der Waals surface area contributed by atoms with Crippen LogP contribution in [0.5, 0.6) is 5.75 Å². The van der Waals surface area contributed by atoms with E-state index in [1.165, 1.54) is 0 Å². The van der Waals surface area contributed by atoms with Gasteiger partial charge in [-0.1, -0.05) is 13.8 Å². The molecule has 0 aliphatic heterocycles. The van der Waals surface area contributed by atoms with E-state index in [2.05, 4.69) is 23.3 Å². The quantitative estimate of drug-likeness (QED) is 0.480. The Morgan fingerprint density at radius 2 is 1.79 bits per heavy atom. The summed E-state index contributed by atoms with van der Waals surface area (Å²) in [6, 6.07) is 6.79. The van der Waals surface area contributed by atoms with Crippen molar-refractivity contribution in [2.75, 3.05) is 38.0 Å². The number of anilines is 1. The second-order valence-electron chi connectivity index (χ2n) is 5.67. The maximum Gasteiger partial charge on any atom is 0.264 e. The zero-order valence-corrected chi connectivity index (χ0v) is 15.1. The van der Waals surface area contributed by atoms with Crippen molar-refractivity contribution in [3.8, 4) is 5.75 Å². The average molecular weight is 359 g/mol. The highest BCUT2D eigenvalue weighted by Gasteiger charge is 2.04. The minimum atomic E-state index is -3.45. The Balaban J connectivity index is 2.27. The Morgan fingerprint density at radius 3 is 2.38 bits per heavy atom. The Morgan fingerprint density at radius 1 is 1.12 bits per heavy atom. The van der Waals surface area contributed by atoms with Gasteiger partial charge < -0.3 is 14.8 Å². The predicted molar refractivity (Wildman–Crippen MR) is 91.6 cm³/mol. The van der Waals surface area contributed by atoms with Gasteiger partial charge in [0.1, 0.15) is 19.0 Å². The van der Waals surface area contributed by atoms with Gasteiger partial charge in [0.05, 0.1) is 19.3 Å². The highest BCUT2D eigenvalue weighted by atomic mass is 32.2. The fraction of sp³-hybridized carbons (Fsp3) is 0.562. The number of nitrogens with one attached hydrogen (secondary N) is 1. The molecular formula is C16H25NO6S. The molecule has 0 saturated carbocycles. The lowest BCUT2D eigenvalue weighted by Gasteiger charge is -2.09. The van der Waals surface area contributed by atoms with Gasteiger partial charge in [0, 0.05) is 12.3 Å². The van der Waals surface area contributed by atoms with E-state index < -0.39 is 10.1 Å². The first-order valence-corrected chi connectivity index (χ1v) is 9.53. The Hall–Kier alpha value is -1.64. The Kier molecular flexibility index (Phi) is 8.73. The van der Waals surface area contributed by atoms with Crippen molar-refractivity contribution in [3.63, 3.8) is 0 Å². The van der Waals surface area contributed by atoms with E-state index in [1.54, 1.807) is 24.3 Å². The molecular weight excluding hydrogens is 334 g/mol. The molecule has 1 aromatic rings. The maximum absolute atomic E-state index is 11.8. The summed E-state index contributed by atoms with van der Waals surface area (Å²) < 4.78 is 36.9. The van der Waals surface area contributed by atoms with Crippen LogP contribution in [-0.4, -0.2) is 47.0 Å². The standard InChI is InChI=1S/C16H25NO6S/c1-13(2)12-21-9-8-16(18)17-14-4-6-15(7-5-14)22-10-11-23-24(3,19)20/h4-7,13H,8-12H2,1-3H3,(H,17,18). The molecule has 1 rings (SSSR count). The van der Waals surface area contributed by atoms with Crippen LogP contribution in [-0.2, 0) is 23.8 Å². The minimum absolute atomic E-state index is 0.0479. The van der Waals surface area contributed by atoms with Crippen molar-refractivity contribution in [2.24, 2.45) is 5.92 Å². The summed E-state index contributed by atoms with van der Waals surface area (Å²) in [4.78, 5) is 11.8. The number of hydrogen-bond acceptors (Lipinski definition) is 6. The summed E-state index contributed by atoms with van der Waals surface area (Å²) in [6.07, 6.45) is 1.28. The van der Waals surface area contributed by atoms with Gasteiger partial charge in [0.2, 0.25) is 5.91 Å². The van der Waals surface area contributed by atoms with Crippen molar-refractivity contribution >= 4 is 21.7 Å². The number of rotatable bonds is 11. The highest BCUT2D eigenvalue weighted by molar-refractivity contribution is 7.85. The molecule has 1 amide bonds. The van der Waals surface area contributed by atoms with Gasteiger partial charge >= 0.3 is 0 Å². The van der Waals surface area contributed by atoms with E-state index in [4.69, 9.17) is 9.47 Å². The van der Waals surface area contributed by atoms with Crippen LogP contribution in [0, 0.1) is 5.92 Å². The molecule has 136 valence electrons.